The van der Waals surface area contributed by atoms with Crippen molar-refractivity contribution in [1.29, 1.82) is 0 Å². The van der Waals surface area contributed by atoms with Crippen LogP contribution in [0, 0.1) is 27.7 Å². The summed E-state index contributed by atoms with van der Waals surface area (Å²) < 4.78 is 3.88. The molecule has 27 heavy (non-hydrogen) atoms. The third-order valence-electron chi connectivity index (χ3n) is 5.35. The van der Waals surface area contributed by atoms with Gasteiger partial charge in [-0.05, 0) is 50.5 Å². The van der Waals surface area contributed by atoms with Crippen LogP contribution in [0.4, 0.5) is 0 Å². The van der Waals surface area contributed by atoms with Gasteiger partial charge >= 0.3 is 0 Å². The highest BCUT2D eigenvalue weighted by molar-refractivity contribution is 5.81. The molecular weight excluding hydrogens is 334 g/mol. The molecule has 0 unspecified atom stereocenters. The van der Waals surface area contributed by atoms with E-state index in [1.54, 1.807) is 4.57 Å². The lowest BCUT2D eigenvalue weighted by Gasteiger charge is -2.13. The fourth-order valence-corrected chi connectivity index (χ4v) is 3.74. The summed E-state index contributed by atoms with van der Waals surface area (Å²) in [7, 11) is 0. The average Bonchev–Trinajstić information content (AvgIpc) is 2.89. The molecule has 2 heterocycles. The standard InChI is InChI=1S/C23H23N3O/c1-15-10-8-9-13-20(15)26-18(4)24-22-21(23(26)27)16(2)17(3)25(22)14-19-11-6-5-7-12-19/h5-13H,14H2,1-4H3. The molecule has 0 atom stereocenters. The van der Waals surface area contributed by atoms with E-state index in [1.807, 2.05) is 63.2 Å². The SMILES string of the molecule is Cc1ccccc1-n1c(C)nc2c(c(C)c(C)n2Cc2ccccc2)c1=O. The van der Waals surface area contributed by atoms with Crippen LogP contribution in [0.3, 0.4) is 0 Å². The Kier molecular flexibility index (Phi) is 4.19. The van der Waals surface area contributed by atoms with Crippen LogP contribution in [-0.4, -0.2) is 14.1 Å². The third-order valence-corrected chi connectivity index (χ3v) is 5.35. The Labute approximate surface area is 158 Å². The molecule has 0 bridgehead atoms. The minimum absolute atomic E-state index is 0.000730. The molecule has 0 spiro atoms. The Morgan fingerprint density at radius 3 is 2.26 bits per heavy atom. The van der Waals surface area contributed by atoms with Crippen molar-refractivity contribution >= 4 is 11.0 Å². The van der Waals surface area contributed by atoms with E-state index in [4.69, 9.17) is 4.98 Å². The van der Waals surface area contributed by atoms with E-state index in [2.05, 4.69) is 23.6 Å². The van der Waals surface area contributed by atoms with Crippen LogP contribution in [0.1, 0.15) is 28.2 Å². The number of hydrogen-bond acceptors (Lipinski definition) is 2. The van der Waals surface area contributed by atoms with Crippen molar-refractivity contribution in [3.05, 3.63) is 93.2 Å². The maximum absolute atomic E-state index is 13.5. The monoisotopic (exact) mass is 357 g/mol. The molecule has 136 valence electrons. The van der Waals surface area contributed by atoms with E-state index < -0.39 is 0 Å². The highest BCUT2D eigenvalue weighted by atomic mass is 16.1. The largest absolute Gasteiger partial charge is 0.325 e. The predicted octanol–water partition coefficient (Wildman–Crippen LogP) is 4.47. The molecule has 2 aromatic carbocycles. The summed E-state index contributed by atoms with van der Waals surface area (Å²) in [6.07, 6.45) is 0. The Morgan fingerprint density at radius 2 is 1.56 bits per heavy atom. The Morgan fingerprint density at radius 1 is 0.889 bits per heavy atom. The van der Waals surface area contributed by atoms with Gasteiger partial charge in [-0.3, -0.25) is 9.36 Å². The number of aryl methyl sites for hydroxylation is 3. The van der Waals surface area contributed by atoms with Crippen molar-refractivity contribution in [3.63, 3.8) is 0 Å². The van der Waals surface area contributed by atoms with Crippen molar-refractivity contribution < 1.29 is 0 Å². The highest BCUT2D eigenvalue weighted by Gasteiger charge is 2.19. The zero-order valence-electron chi connectivity index (χ0n) is 16.2. The number of rotatable bonds is 3. The first kappa shape index (κ1) is 17.3. The zero-order valence-corrected chi connectivity index (χ0v) is 16.2. The van der Waals surface area contributed by atoms with E-state index in [-0.39, 0.29) is 5.56 Å². The summed E-state index contributed by atoms with van der Waals surface area (Å²) in [4.78, 5) is 18.3. The van der Waals surface area contributed by atoms with Gasteiger partial charge in [0.2, 0.25) is 0 Å². The maximum Gasteiger partial charge on any atom is 0.267 e. The molecule has 4 rings (SSSR count). The van der Waals surface area contributed by atoms with Gasteiger partial charge in [-0.15, -0.1) is 0 Å². The first-order chi connectivity index (χ1) is 13.0. The summed E-state index contributed by atoms with van der Waals surface area (Å²) in [6.45, 7) is 8.70. The average molecular weight is 357 g/mol. The number of aromatic nitrogens is 3. The molecule has 4 aromatic rings. The molecule has 0 aliphatic heterocycles. The number of fused-ring (bicyclic) bond motifs is 1. The van der Waals surface area contributed by atoms with Crippen molar-refractivity contribution in [2.45, 2.75) is 34.2 Å². The third kappa shape index (κ3) is 2.78. The lowest BCUT2D eigenvalue weighted by atomic mass is 10.2. The number of para-hydroxylation sites is 1. The molecule has 0 aliphatic rings. The van der Waals surface area contributed by atoms with Gasteiger partial charge in [-0.25, -0.2) is 4.98 Å². The van der Waals surface area contributed by atoms with E-state index in [1.165, 1.54) is 5.56 Å². The lowest BCUT2D eigenvalue weighted by molar-refractivity contribution is 0.780. The molecule has 0 aliphatic carbocycles. The van der Waals surface area contributed by atoms with Gasteiger partial charge in [0.25, 0.3) is 5.56 Å². The Bertz CT molecular complexity index is 1200. The fourth-order valence-electron chi connectivity index (χ4n) is 3.74. The molecule has 0 radical (unpaired) electrons. The smallest absolute Gasteiger partial charge is 0.267 e. The number of hydrogen-bond donors (Lipinski definition) is 0. The molecule has 0 fully saturated rings. The number of benzene rings is 2. The van der Waals surface area contributed by atoms with Gasteiger partial charge in [0.1, 0.15) is 11.5 Å². The second-order valence-electron chi connectivity index (χ2n) is 7.07. The second-order valence-corrected chi connectivity index (χ2v) is 7.07. The van der Waals surface area contributed by atoms with Crippen LogP contribution in [0.25, 0.3) is 16.7 Å². The van der Waals surface area contributed by atoms with Crippen molar-refractivity contribution in [2.24, 2.45) is 0 Å². The van der Waals surface area contributed by atoms with Gasteiger partial charge in [0.05, 0.1) is 11.1 Å². The minimum atomic E-state index is -0.000730. The molecule has 0 saturated heterocycles. The minimum Gasteiger partial charge on any atom is -0.325 e. The van der Waals surface area contributed by atoms with Crippen molar-refractivity contribution in [1.82, 2.24) is 14.1 Å². The van der Waals surface area contributed by atoms with Gasteiger partial charge in [-0.1, -0.05) is 48.5 Å². The number of nitrogens with zero attached hydrogens (tertiary/aromatic N) is 3. The van der Waals surface area contributed by atoms with Gasteiger partial charge in [0, 0.05) is 12.2 Å². The molecule has 0 N–H and O–H groups in total. The quantitative estimate of drug-likeness (QED) is 0.543. The van der Waals surface area contributed by atoms with E-state index >= 15 is 0 Å². The molecule has 0 saturated carbocycles. The maximum atomic E-state index is 13.5. The summed E-state index contributed by atoms with van der Waals surface area (Å²) in [5, 5.41) is 0.706. The summed E-state index contributed by atoms with van der Waals surface area (Å²) in [5.41, 5.74) is 5.99. The van der Waals surface area contributed by atoms with E-state index in [0.29, 0.717) is 17.8 Å². The lowest BCUT2D eigenvalue weighted by Crippen LogP contribution is -2.23. The van der Waals surface area contributed by atoms with Crippen LogP contribution >= 0.6 is 0 Å². The summed E-state index contributed by atoms with van der Waals surface area (Å²) in [6, 6.07) is 18.2. The predicted molar refractivity (Wildman–Crippen MR) is 110 cm³/mol. The Hall–Kier alpha value is -3.14. The molecule has 2 aromatic heterocycles. The molecule has 4 heteroatoms. The summed E-state index contributed by atoms with van der Waals surface area (Å²) >= 11 is 0. The van der Waals surface area contributed by atoms with E-state index in [9.17, 15) is 4.79 Å². The fraction of sp³-hybridized carbons (Fsp3) is 0.217. The topological polar surface area (TPSA) is 39.8 Å². The van der Waals surface area contributed by atoms with Gasteiger partial charge in [0.15, 0.2) is 0 Å². The van der Waals surface area contributed by atoms with Crippen molar-refractivity contribution in [2.75, 3.05) is 0 Å². The van der Waals surface area contributed by atoms with Crippen molar-refractivity contribution in [3.8, 4) is 5.69 Å². The Balaban J connectivity index is 1.99. The van der Waals surface area contributed by atoms with Gasteiger partial charge in [-0.2, -0.15) is 0 Å². The van der Waals surface area contributed by atoms with Crippen LogP contribution in [0.15, 0.2) is 59.4 Å². The van der Waals surface area contributed by atoms with Crippen LogP contribution < -0.4 is 5.56 Å². The first-order valence-electron chi connectivity index (χ1n) is 9.18. The highest BCUT2D eigenvalue weighted by Crippen LogP contribution is 2.24. The molecule has 0 amide bonds. The van der Waals surface area contributed by atoms with Crippen LogP contribution in [-0.2, 0) is 6.54 Å². The van der Waals surface area contributed by atoms with Crippen LogP contribution in [0.5, 0.6) is 0 Å². The first-order valence-corrected chi connectivity index (χ1v) is 9.18. The normalized spacial score (nSPS) is 11.3. The summed E-state index contributed by atoms with van der Waals surface area (Å²) in [5.74, 6) is 0.702. The molecular formula is C23H23N3O. The second kappa shape index (κ2) is 6.54. The van der Waals surface area contributed by atoms with Crippen LogP contribution in [0.2, 0.25) is 0 Å². The molecule has 4 nitrogen and oxygen atoms in total. The zero-order chi connectivity index (χ0) is 19.1. The van der Waals surface area contributed by atoms with Gasteiger partial charge < -0.3 is 4.57 Å². The van der Waals surface area contributed by atoms with E-state index in [0.717, 1.165) is 28.2 Å².